The Bertz CT molecular complexity index is 516. The number of fused-ring (bicyclic) bond motifs is 1. The molecular weight excluding hydrogens is 282 g/mol. The second-order valence-electron chi connectivity index (χ2n) is 6.29. The number of hydrogen-bond donors (Lipinski definition) is 1. The largest absolute Gasteiger partial charge is 0.493 e. The van der Waals surface area contributed by atoms with Crippen molar-refractivity contribution in [3.8, 4) is 17.2 Å². The predicted octanol–water partition coefficient (Wildman–Crippen LogP) is 2.41. The van der Waals surface area contributed by atoms with Crippen LogP contribution in [0.3, 0.4) is 0 Å². The molecule has 0 radical (unpaired) electrons. The van der Waals surface area contributed by atoms with Crippen LogP contribution >= 0.6 is 0 Å². The van der Waals surface area contributed by atoms with Crippen LogP contribution in [0.25, 0.3) is 0 Å². The molecule has 5 nitrogen and oxygen atoms in total. The number of aliphatic hydroxyl groups excluding tert-OH is 1. The van der Waals surface area contributed by atoms with E-state index >= 15 is 0 Å². The van der Waals surface area contributed by atoms with Crippen LogP contribution < -0.4 is 14.2 Å². The molecule has 1 aromatic carbocycles. The van der Waals surface area contributed by atoms with E-state index in [1.54, 1.807) is 7.11 Å². The van der Waals surface area contributed by atoms with Crippen LogP contribution in [0.15, 0.2) is 12.1 Å². The molecule has 0 spiro atoms. The fraction of sp³-hybridized carbons (Fsp3) is 0.647. The summed E-state index contributed by atoms with van der Waals surface area (Å²) in [6.07, 6.45) is 3.95. The molecule has 122 valence electrons. The van der Waals surface area contributed by atoms with Gasteiger partial charge in [0.15, 0.2) is 11.5 Å². The lowest BCUT2D eigenvalue weighted by atomic mass is 9.85. The molecule has 0 bridgehead atoms. The molecule has 1 N–H and O–H groups in total. The summed E-state index contributed by atoms with van der Waals surface area (Å²) >= 11 is 0. The quantitative estimate of drug-likeness (QED) is 0.838. The third kappa shape index (κ3) is 3.15. The van der Waals surface area contributed by atoms with Gasteiger partial charge in [0.1, 0.15) is 0 Å². The van der Waals surface area contributed by atoms with Crippen molar-refractivity contribution in [3.05, 3.63) is 17.7 Å². The highest BCUT2D eigenvalue weighted by Crippen LogP contribution is 2.42. The highest BCUT2D eigenvalue weighted by Gasteiger charge is 2.25. The molecule has 3 rings (SSSR count). The second kappa shape index (κ2) is 6.75. The Labute approximate surface area is 131 Å². The lowest BCUT2D eigenvalue weighted by molar-refractivity contribution is 0.0917. The lowest BCUT2D eigenvalue weighted by Crippen LogP contribution is -2.40. The van der Waals surface area contributed by atoms with Crippen molar-refractivity contribution in [2.45, 2.75) is 38.8 Å². The molecule has 1 aliphatic heterocycles. The number of benzene rings is 1. The van der Waals surface area contributed by atoms with Crippen LogP contribution in [0, 0.1) is 5.92 Å². The van der Waals surface area contributed by atoms with Gasteiger partial charge in [0.2, 0.25) is 12.5 Å². The molecule has 0 amide bonds. The third-order valence-corrected chi connectivity index (χ3v) is 4.71. The van der Waals surface area contributed by atoms with E-state index in [-0.39, 0.29) is 19.4 Å². The van der Waals surface area contributed by atoms with Gasteiger partial charge in [-0.05, 0) is 43.4 Å². The molecule has 0 unspecified atom stereocenters. The zero-order valence-corrected chi connectivity index (χ0v) is 13.4. The normalized spacial score (nSPS) is 18.4. The number of methoxy groups -OCH3 is 1. The fourth-order valence-electron chi connectivity index (χ4n) is 3.03. The maximum absolute atomic E-state index is 9.53. The van der Waals surface area contributed by atoms with Crippen molar-refractivity contribution in [2.24, 2.45) is 5.92 Å². The van der Waals surface area contributed by atoms with Gasteiger partial charge < -0.3 is 19.3 Å². The first-order valence-corrected chi connectivity index (χ1v) is 8.02. The van der Waals surface area contributed by atoms with E-state index in [4.69, 9.17) is 14.2 Å². The molecule has 1 heterocycles. The zero-order valence-electron chi connectivity index (χ0n) is 13.4. The molecular formula is C17H25NO4. The molecule has 0 aromatic heterocycles. The van der Waals surface area contributed by atoms with E-state index in [0.717, 1.165) is 30.3 Å². The SMILES string of the molecule is COc1cc(CN(CC2CCC2)[C@@H](C)CO)cc2c1OCO2. The van der Waals surface area contributed by atoms with Crippen molar-refractivity contribution in [1.82, 2.24) is 4.90 Å². The van der Waals surface area contributed by atoms with E-state index in [9.17, 15) is 5.11 Å². The van der Waals surface area contributed by atoms with Gasteiger partial charge in [0.05, 0.1) is 13.7 Å². The van der Waals surface area contributed by atoms with Gasteiger partial charge in [-0.15, -0.1) is 0 Å². The molecule has 0 saturated heterocycles. The van der Waals surface area contributed by atoms with Crippen LogP contribution in [-0.2, 0) is 6.54 Å². The van der Waals surface area contributed by atoms with Gasteiger partial charge in [-0.25, -0.2) is 0 Å². The number of ether oxygens (including phenoxy) is 3. The minimum Gasteiger partial charge on any atom is -0.493 e. The smallest absolute Gasteiger partial charge is 0.231 e. The Balaban J connectivity index is 1.76. The summed E-state index contributed by atoms with van der Waals surface area (Å²) in [6.45, 7) is 4.31. The minimum absolute atomic E-state index is 0.150. The van der Waals surface area contributed by atoms with Crippen molar-refractivity contribution in [3.63, 3.8) is 0 Å². The second-order valence-corrected chi connectivity index (χ2v) is 6.29. The fourth-order valence-corrected chi connectivity index (χ4v) is 3.03. The average Bonchev–Trinajstić information content (AvgIpc) is 2.96. The van der Waals surface area contributed by atoms with Crippen LogP contribution in [0.2, 0.25) is 0 Å². The molecule has 5 heteroatoms. The third-order valence-electron chi connectivity index (χ3n) is 4.71. The number of rotatable bonds is 7. The van der Waals surface area contributed by atoms with Crippen molar-refractivity contribution < 1.29 is 19.3 Å². The summed E-state index contributed by atoms with van der Waals surface area (Å²) in [7, 11) is 1.64. The van der Waals surface area contributed by atoms with Gasteiger partial charge >= 0.3 is 0 Å². The summed E-state index contributed by atoms with van der Waals surface area (Å²) in [5.41, 5.74) is 1.13. The van der Waals surface area contributed by atoms with Crippen molar-refractivity contribution >= 4 is 0 Å². The van der Waals surface area contributed by atoms with Gasteiger partial charge in [0, 0.05) is 19.1 Å². The summed E-state index contributed by atoms with van der Waals surface area (Å²) in [4.78, 5) is 2.35. The zero-order chi connectivity index (χ0) is 15.5. The standard InChI is InChI=1S/C17H25NO4/c1-12(10-19)18(8-13-4-3-5-13)9-14-6-15(20-2)17-16(7-14)21-11-22-17/h6-7,12-13,19H,3-5,8-11H2,1-2H3/t12-/m0/s1. The summed E-state index contributed by atoms with van der Waals surface area (Å²) < 4.78 is 16.3. The van der Waals surface area contributed by atoms with Crippen LogP contribution in [0.4, 0.5) is 0 Å². The van der Waals surface area contributed by atoms with Crippen LogP contribution in [0.5, 0.6) is 17.2 Å². The number of nitrogens with zero attached hydrogens (tertiary/aromatic N) is 1. The molecule has 1 aromatic rings. The molecule has 1 atom stereocenters. The molecule has 1 fully saturated rings. The van der Waals surface area contributed by atoms with Gasteiger partial charge in [-0.2, -0.15) is 0 Å². The first kappa shape index (κ1) is 15.4. The average molecular weight is 307 g/mol. The molecule has 2 aliphatic rings. The molecule has 1 saturated carbocycles. The Morgan fingerprint density at radius 1 is 1.36 bits per heavy atom. The van der Waals surface area contributed by atoms with E-state index in [1.165, 1.54) is 19.3 Å². The lowest BCUT2D eigenvalue weighted by Gasteiger charge is -2.35. The Morgan fingerprint density at radius 3 is 2.82 bits per heavy atom. The van der Waals surface area contributed by atoms with E-state index in [0.29, 0.717) is 11.5 Å². The van der Waals surface area contributed by atoms with Crippen molar-refractivity contribution in [2.75, 3.05) is 27.1 Å². The first-order chi connectivity index (χ1) is 10.7. The number of hydrogen-bond acceptors (Lipinski definition) is 5. The van der Waals surface area contributed by atoms with Crippen molar-refractivity contribution in [1.29, 1.82) is 0 Å². The summed E-state index contributed by atoms with van der Waals surface area (Å²) in [5.74, 6) is 2.91. The first-order valence-electron chi connectivity index (χ1n) is 8.02. The highest BCUT2D eigenvalue weighted by atomic mass is 16.7. The topological polar surface area (TPSA) is 51.2 Å². The summed E-state index contributed by atoms with van der Waals surface area (Å²) in [5, 5.41) is 9.53. The Hall–Kier alpha value is -1.46. The van der Waals surface area contributed by atoms with E-state index in [1.807, 2.05) is 12.1 Å². The Kier molecular flexibility index (Phi) is 4.74. The van der Waals surface area contributed by atoms with E-state index < -0.39 is 0 Å². The maximum Gasteiger partial charge on any atom is 0.231 e. The maximum atomic E-state index is 9.53. The van der Waals surface area contributed by atoms with Gasteiger partial charge in [-0.1, -0.05) is 6.42 Å². The van der Waals surface area contributed by atoms with Gasteiger partial charge in [0.25, 0.3) is 0 Å². The minimum atomic E-state index is 0.150. The molecule has 1 aliphatic carbocycles. The monoisotopic (exact) mass is 307 g/mol. The Morgan fingerprint density at radius 2 is 2.18 bits per heavy atom. The van der Waals surface area contributed by atoms with Gasteiger partial charge in [-0.3, -0.25) is 4.90 Å². The van der Waals surface area contributed by atoms with Crippen LogP contribution in [-0.4, -0.2) is 43.1 Å². The van der Waals surface area contributed by atoms with E-state index in [2.05, 4.69) is 11.8 Å². The number of aliphatic hydroxyl groups is 1. The highest BCUT2D eigenvalue weighted by molar-refractivity contribution is 5.55. The van der Waals surface area contributed by atoms with Crippen LogP contribution in [0.1, 0.15) is 31.7 Å². The predicted molar refractivity (Wildman–Crippen MR) is 83.4 cm³/mol. The molecule has 22 heavy (non-hydrogen) atoms. The summed E-state index contributed by atoms with van der Waals surface area (Å²) in [6, 6.07) is 4.17.